The van der Waals surface area contributed by atoms with Crippen LogP contribution in [0.15, 0.2) is 18.2 Å². The third kappa shape index (κ3) is 4.52. The Labute approximate surface area is 159 Å². The van der Waals surface area contributed by atoms with E-state index >= 15 is 0 Å². The number of ether oxygens (including phenoxy) is 1. The molecule has 1 aliphatic heterocycles. The zero-order chi connectivity index (χ0) is 19.4. The van der Waals surface area contributed by atoms with Crippen LogP contribution in [-0.4, -0.2) is 45.7 Å². The number of rotatable bonds is 4. The van der Waals surface area contributed by atoms with Crippen molar-refractivity contribution in [2.75, 3.05) is 29.0 Å². The highest BCUT2D eigenvalue weighted by atomic mass is 32.2. The standard InChI is InChI=1S/C18H25N3O5S/c1-26-16-9-8-14(21-10-5-11-27(21,24)25)12-15(16)20-18(23)17(22)19-13-6-3-2-4-7-13/h8-9,12-13H,2-7,10-11H2,1H3,(H,19,22)(H,20,23). The lowest BCUT2D eigenvalue weighted by atomic mass is 9.95. The molecule has 1 aromatic carbocycles. The Hall–Kier alpha value is -2.29. The molecule has 1 aliphatic carbocycles. The summed E-state index contributed by atoms with van der Waals surface area (Å²) in [5.74, 6) is -1.03. The molecule has 0 spiro atoms. The Kier molecular flexibility index (Phi) is 5.88. The van der Waals surface area contributed by atoms with Crippen LogP contribution in [0.3, 0.4) is 0 Å². The van der Waals surface area contributed by atoms with E-state index in [1.54, 1.807) is 12.1 Å². The van der Waals surface area contributed by atoms with E-state index in [4.69, 9.17) is 4.74 Å². The number of anilines is 2. The highest BCUT2D eigenvalue weighted by Gasteiger charge is 2.29. The van der Waals surface area contributed by atoms with Crippen molar-refractivity contribution < 1.29 is 22.7 Å². The number of carbonyl (C=O) groups is 2. The Morgan fingerprint density at radius 3 is 2.48 bits per heavy atom. The largest absolute Gasteiger partial charge is 0.495 e. The number of hydrogen-bond acceptors (Lipinski definition) is 5. The lowest BCUT2D eigenvalue weighted by molar-refractivity contribution is -0.136. The van der Waals surface area contributed by atoms with E-state index in [2.05, 4.69) is 10.6 Å². The first-order chi connectivity index (χ1) is 12.9. The molecule has 8 nitrogen and oxygen atoms in total. The van der Waals surface area contributed by atoms with Crippen LogP contribution in [0.25, 0.3) is 0 Å². The van der Waals surface area contributed by atoms with Crippen molar-refractivity contribution in [1.29, 1.82) is 0 Å². The first-order valence-corrected chi connectivity index (χ1v) is 10.8. The summed E-state index contributed by atoms with van der Waals surface area (Å²) in [6, 6.07) is 4.75. The average Bonchev–Trinajstić information content (AvgIpc) is 3.01. The predicted molar refractivity (Wildman–Crippen MR) is 102 cm³/mol. The van der Waals surface area contributed by atoms with Gasteiger partial charge in [-0.05, 0) is 37.5 Å². The zero-order valence-electron chi connectivity index (χ0n) is 15.4. The van der Waals surface area contributed by atoms with Gasteiger partial charge in [0.05, 0.1) is 24.2 Å². The van der Waals surface area contributed by atoms with Crippen molar-refractivity contribution in [2.24, 2.45) is 0 Å². The van der Waals surface area contributed by atoms with Crippen LogP contribution in [-0.2, 0) is 19.6 Å². The quantitative estimate of drug-likeness (QED) is 0.754. The first-order valence-electron chi connectivity index (χ1n) is 9.21. The molecule has 3 rings (SSSR count). The van der Waals surface area contributed by atoms with Crippen LogP contribution in [0.4, 0.5) is 11.4 Å². The molecule has 1 saturated carbocycles. The van der Waals surface area contributed by atoms with Crippen molar-refractivity contribution in [2.45, 2.75) is 44.6 Å². The summed E-state index contributed by atoms with van der Waals surface area (Å²) < 4.78 is 30.8. The molecule has 0 atom stereocenters. The van der Waals surface area contributed by atoms with Gasteiger partial charge in [-0.15, -0.1) is 0 Å². The SMILES string of the molecule is COc1ccc(N2CCCS2(=O)=O)cc1NC(=O)C(=O)NC1CCCCC1. The van der Waals surface area contributed by atoms with Crippen molar-refractivity contribution in [3.63, 3.8) is 0 Å². The fraction of sp³-hybridized carbons (Fsp3) is 0.556. The van der Waals surface area contributed by atoms with Crippen LogP contribution in [0, 0.1) is 0 Å². The van der Waals surface area contributed by atoms with E-state index in [1.165, 1.54) is 17.5 Å². The number of nitrogens with zero attached hydrogens (tertiary/aromatic N) is 1. The summed E-state index contributed by atoms with van der Waals surface area (Å²) in [6.07, 6.45) is 5.57. The fourth-order valence-electron chi connectivity index (χ4n) is 3.56. The van der Waals surface area contributed by atoms with Crippen LogP contribution in [0.5, 0.6) is 5.75 Å². The number of sulfonamides is 1. The van der Waals surface area contributed by atoms with Gasteiger partial charge < -0.3 is 15.4 Å². The molecule has 0 radical (unpaired) electrons. The molecule has 0 bridgehead atoms. The number of amides is 2. The molecule has 2 N–H and O–H groups in total. The lowest BCUT2D eigenvalue weighted by Gasteiger charge is -2.22. The maximum Gasteiger partial charge on any atom is 0.313 e. The average molecular weight is 395 g/mol. The number of methoxy groups -OCH3 is 1. The van der Waals surface area contributed by atoms with Crippen molar-refractivity contribution in [1.82, 2.24) is 5.32 Å². The minimum Gasteiger partial charge on any atom is -0.495 e. The predicted octanol–water partition coefficient (Wildman–Crippen LogP) is 1.62. The Morgan fingerprint density at radius 2 is 1.85 bits per heavy atom. The van der Waals surface area contributed by atoms with E-state index in [1.807, 2.05) is 0 Å². The molecule has 27 heavy (non-hydrogen) atoms. The monoisotopic (exact) mass is 395 g/mol. The Balaban J connectivity index is 1.73. The van der Waals surface area contributed by atoms with Gasteiger partial charge in [-0.1, -0.05) is 19.3 Å². The summed E-state index contributed by atoms with van der Waals surface area (Å²) in [4.78, 5) is 24.5. The summed E-state index contributed by atoms with van der Waals surface area (Å²) in [5.41, 5.74) is 0.706. The number of benzene rings is 1. The van der Waals surface area contributed by atoms with Gasteiger partial charge in [0.25, 0.3) is 0 Å². The highest BCUT2D eigenvalue weighted by molar-refractivity contribution is 7.93. The number of nitrogens with one attached hydrogen (secondary N) is 2. The molecule has 1 saturated heterocycles. The Morgan fingerprint density at radius 1 is 1.11 bits per heavy atom. The van der Waals surface area contributed by atoms with E-state index in [9.17, 15) is 18.0 Å². The summed E-state index contributed by atoms with van der Waals surface area (Å²) in [5, 5.41) is 5.31. The fourth-order valence-corrected chi connectivity index (χ4v) is 5.11. The zero-order valence-corrected chi connectivity index (χ0v) is 16.2. The van der Waals surface area contributed by atoms with Gasteiger partial charge >= 0.3 is 11.8 Å². The summed E-state index contributed by atoms with van der Waals surface area (Å²) >= 11 is 0. The van der Waals surface area contributed by atoms with Crippen LogP contribution in [0.2, 0.25) is 0 Å². The third-order valence-electron chi connectivity index (χ3n) is 4.97. The summed E-state index contributed by atoms with van der Waals surface area (Å²) in [7, 11) is -1.90. The van der Waals surface area contributed by atoms with Crippen molar-refractivity contribution in [3.05, 3.63) is 18.2 Å². The smallest absolute Gasteiger partial charge is 0.313 e. The molecule has 2 aliphatic rings. The minimum absolute atomic E-state index is 0.0278. The second kappa shape index (κ2) is 8.16. The lowest BCUT2D eigenvalue weighted by Crippen LogP contribution is -2.42. The molecular weight excluding hydrogens is 370 g/mol. The molecule has 2 fully saturated rings. The van der Waals surface area contributed by atoms with Crippen molar-refractivity contribution >= 4 is 33.2 Å². The molecule has 0 aromatic heterocycles. The van der Waals surface area contributed by atoms with Gasteiger partial charge in [-0.2, -0.15) is 0 Å². The molecule has 0 unspecified atom stereocenters. The maximum atomic E-state index is 12.3. The second-order valence-corrected chi connectivity index (χ2v) is 8.90. The van der Waals surface area contributed by atoms with E-state index in [-0.39, 0.29) is 17.5 Å². The number of carbonyl (C=O) groups excluding carboxylic acids is 2. The Bertz CT molecular complexity index is 818. The van der Waals surface area contributed by atoms with Gasteiger partial charge in [0, 0.05) is 12.6 Å². The molecular formula is C18H25N3O5S. The van der Waals surface area contributed by atoms with Gasteiger partial charge in [-0.3, -0.25) is 13.9 Å². The molecule has 2 amide bonds. The second-order valence-electron chi connectivity index (χ2n) is 6.89. The molecule has 148 valence electrons. The van der Waals surface area contributed by atoms with Crippen LogP contribution >= 0.6 is 0 Å². The van der Waals surface area contributed by atoms with Crippen molar-refractivity contribution in [3.8, 4) is 5.75 Å². The van der Waals surface area contributed by atoms with E-state index < -0.39 is 21.8 Å². The topological polar surface area (TPSA) is 105 Å². The van der Waals surface area contributed by atoms with Gasteiger partial charge in [-0.25, -0.2) is 8.42 Å². The van der Waals surface area contributed by atoms with Gasteiger partial charge in [0.1, 0.15) is 5.75 Å². The van der Waals surface area contributed by atoms with E-state index in [0.717, 1.165) is 32.1 Å². The molecule has 1 aromatic rings. The maximum absolute atomic E-state index is 12.3. The number of hydrogen-bond donors (Lipinski definition) is 2. The minimum atomic E-state index is -3.34. The van der Waals surface area contributed by atoms with Gasteiger partial charge in [0.2, 0.25) is 10.0 Å². The molecule has 1 heterocycles. The van der Waals surface area contributed by atoms with Gasteiger partial charge in [0.15, 0.2) is 0 Å². The summed E-state index contributed by atoms with van der Waals surface area (Å²) in [6.45, 7) is 0.393. The first kappa shape index (κ1) is 19.5. The highest BCUT2D eigenvalue weighted by Crippen LogP contribution is 2.32. The third-order valence-corrected chi connectivity index (χ3v) is 6.83. The van der Waals surface area contributed by atoms with E-state index in [0.29, 0.717) is 24.4 Å². The normalized spacial score (nSPS) is 19.5. The van der Waals surface area contributed by atoms with Crippen LogP contribution < -0.4 is 19.7 Å². The molecule has 9 heteroatoms. The van der Waals surface area contributed by atoms with Crippen LogP contribution in [0.1, 0.15) is 38.5 Å².